The van der Waals surface area contributed by atoms with Crippen LogP contribution in [0, 0.1) is 0 Å². The van der Waals surface area contributed by atoms with E-state index in [0.29, 0.717) is 18.5 Å². The van der Waals surface area contributed by atoms with E-state index in [1.54, 1.807) is 24.3 Å². The van der Waals surface area contributed by atoms with Crippen LogP contribution in [0.3, 0.4) is 0 Å². The average molecular weight is 417 g/mol. The van der Waals surface area contributed by atoms with E-state index >= 15 is 0 Å². The van der Waals surface area contributed by atoms with Crippen molar-refractivity contribution in [1.82, 2.24) is 10.2 Å². The summed E-state index contributed by atoms with van der Waals surface area (Å²) in [5.41, 5.74) is 0.602. The van der Waals surface area contributed by atoms with Gasteiger partial charge in [0.05, 0.1) is 6.54 Å². The fourth-order valence-corrected chi connectivity index (χ4v) is 3.83. The zero-order chi connectivity index (χ0) is 20.8. The monoisotopic (exact) mass is 417 g/mol. The highest BCUT2D eigenvalue weighted by Crippen LogP contribution is 2.21. The molecule has 0 unspecified atom stereocenters. The zero-order valence-electron chi connectivity index (χ0n) is 15.7. The minimum atomic E-state index is -1.94. The van der Waals surface area contributed by atoms with E-state index in [0.717, 1.165) is 4.88 Å². The second kappa shape index (κ2) is 9.64. The minimum absolute atomic E-state index is 0.195. The van der Waals surface area contributed by atoms with Crippen LogP contribution in [0.1, 0.15) is 17.7 Å². The maximum Gasteiger partial charge on any atom is 0.255 e. The van der Waals surface area contributed by atoms with Crippen molar-refractivity contribution in [2.24, 2.45) is 0 Å². The molecule has 1 aromatic carbocycles. The second-order valence-electron chi connectivity index (χ2n) is 6.73. The first-order valence-corrected chi connectivity index (χ1v) is 10.2. The molecule has 1 aliphatic heterocycles. The van der Waals surface area contributed by atoms with E-state index in [1.807, 2.05) is 23.6 Å². The van der Waals surface area contributed by atoms with E-state index in [2.05, 4.69) is 10.6 Å². The Balaban J connectivity index is 1.58. The second-order valence-corrected chi connectivity index (χ2v) is 7.76. The summed E-state index contributed by atoms with van der Waals surface area (Å²) < 4.78 is 0. The minimum Gasteiger partial charge on any atom is -0.380 e. The molecule has 3 amide bonds. The standard InChI is InChI=1S/C20H23N3O5S/c24-16(19(27)21-12-14-8-5-11-29-14)17(25)20(28)23-10-4-9-15(23)18(26)22-13-6-2-1-3-7-13/h1-3,5-8,11,15-17,24-25H,4,9-10,12H2,(H,21,27)(H,22,26)/t15-,16+,17+/m0/s1. The third-order valence-corrected chi connectivity index (χ3v) is 5.59. The Bertz CT molecular complexity index is 843. The molecular weight excluding hydrogens is 394 g/mol. The maximum atomic E-state index is 12.6. The first kappa shape index (κ1) is 21.0. The Morgan fingerprint density at radius 2 is 1.86 bits per heavy atom. The maximum absolute atomic E-state index is 12.6. The normalized spacial score (nSPS) is 18.1. The number of thiophene rings is 1. The van der Waals surface area contributed by atoms with Crippen LogP contribution in [0.5, 0.6) is 0 Å². The van der Waals surface area contributed by atoms with Gasteiger partial charge in [0.1, 0.15) is 6.04 Å². The number of rotatable bonds is 7. The van der Waals surface area contributed by atoms with Crippen molar-refractivity contribution < 1.29 is 24.6 Å². The summed E-state index contributed by atoms with van der Waals surface area (Å²) in [7, 11) is 0. The summed E-state index contributed by atoms with van der Waals surface area (Å²) in [4.78, 5) is 39.4. The molecule has 0 aliphatic carbocycles. The van der Waals surface area contributed by atoms with Crippen LogP contribution in [0.2, 0.25) is 0 Å². The van der Waals surface area contributed by atoms with Gasteiger partial charge in [0.2, 0.25) is 5.91 Å². The topological polar surface area (TPSA) is 119 Å². The molecular formula is C20H23N3O5S. The SMILES string of the molecule is O=C(NCc1cccs1)[C@H](O)[C@@H](O)C(=O)N1CCC[C@H]1C(=O)Nc1ccccc1. The van der Waals surface area contributed by atoms with Crippen LogP contribution < -0.4 is 10.6 Å². The van der Waals surface area contributed by atoms with Crippen molar-refractivity contribution >= 4 is 34.7 Å². The van der Waals surface area contributed by atoms with Gasteiger partial charge in [-0.2, -0.15) is 0 Å². The average Bonchev–Trinajstić information content (AvgIpc) is 3.43. The van der Waals surface area contributed by atoms with Crippen molar-refractivity contribution in [3.63, 3.8) is 0 Å². The number of hydrogen-bond donors (Lipinski definition) is 4. The fraction of sp³-hybridized carbons (Fsp3) is 0.350. The van der Waals surface area contributed by atoms with Gasteiger partial charge in [0, 0.05) is 17.1 Å². The van der Waals surface area contributed by atoms with Crippen molar-refractivity contribution in [2.75, 3.05) is 11.9 Å². The molecule has 3 atom stereocenters. The molecule has 1 saturated heterocycles. The number of hydrogen-bond acceptors (Lipinski definition) is 6. The van der Waals surface area contributed by atoms with Gasteiger partial charge in [-0.1, -0.05) is 24.3 Å². The molecule has 1 aliphatic rings. The van der Waals surface area contributed by atoms with Crippen LogP contribution in [0.15, 0.2) is 47.8 Å². The highest BCUT2D eigenvalue weighted by atomic mass is 32.1. The summed E-state index contributed by atoms with van der Waals surface area (Å²) in [5.74, 6) is -2.05. The lowest BCUT2D eigenvalue weighted by Gasteiger charge is -2.27. The van der Waals surface area contributed by atoms with Crippen molar-refractivity contribution in [1.29, 1.82) is 0 Å². The van der Waals surface area contributed by atoms with Gasteiger partial charge >= 0.3 is 0 Å². The van der Waals surface area contributed by atoms with Crippen LogP contribution in [0.4, 0.5) is 5.69 Å². The number of carbonyl (C=O) groups is 3. The van der Waals surface area contributed by atoms with E-state index < -0.39 is 30.1 Å². The molecule has 0 bridgehead atoms. The van der Waals surface area contributed by atoms with Gasteiger partial charge < -0.3 is 25.7 Å². The summed E-state index contributed by atoms with van der Waals surface area (Å²) in [5, 5.41) is 27.4. The van der Waals surface area contributed by atoms with Gasteiger partial charge in [0.25, 0.3) is 11.8 Å². The third-order valence-electron chi connectivity index (χ3n) is 4.72. The molecule has 1 aromatic heterocycles. The van der Waals surface area contributed by atoms with Crippen LogP contribution in [-0.2, 0) is 20.9 Å². The van der Waals surface area contributed by atoms with Crippen molar-refractivity contribution in [3.8, 4) is 0 Å². The Kier molecular flexibility index (Phi) is 6.97. The summed E-state index contributed by atoms with van der Waals surface area (Å²) in [6, 6.07) is 11.7. The predicted molar refractivity (Wildman–Crippen MR) is 108 cm³/mol. The Labute approximate surface area is 172 Å². The van der Waals surface area contributed by atoms with Crippen LogP contribution >= 0.6 is 11.3 Å². The van der Waals surface area contributed by atoms with Crippen molar-refractivity contribution in [3.05, 3.63) is 52.7 Å². The first-order chi connectivity index (χ1) is 14.0. The van der Waals surface area contributed by atoms with Gasteiger partial charge in [-0.05, 0) is 36.4 Å². The van der Waals surface area contributed by atoms with Gasteiger partial charge in [0.15, 0.2) is 12.2 Å². The summed E-state index contributed by atoms with van der Waals surface area (Å²) >= 11 is 1.44. The molecule has 3 rings (SSSR count). The molecule has 8 nitrogen and oxygen atoms in total. The van der Waals surface area contributed by atoms with E-state index in [9.17, 15) is 24.6 Å². The van der Waals surface area contributed by atoms with E-state index in [-0.39, 0.29) is 19.0 Å². The summed E-state index contributed by atoms with van der Waals surface area (Å²) in [6.07, 6.45) is -2.83. The fourth-order valence-electron chi connectivity index (χ4n) is 3.19. The Morgan fingerprint density at radius 1 is 1.10 bits per heavy atom. The van der Waals surface area contributed by atoms with Gasteiger partial charge in [-0.15, -0.1) is 11.3 Å². The lowest BCUT2D eigenvalue weighted by molar-refractivity contribution is -0.154. The largest absolute Gasteiger partial charge is 0.380 e. The summed E-state index contributed by atoms with van der Waals surface area (Å²) in [6.45, 7) is 0.465. The number of amides is 3. The molecule has 4 N–H and O–H groups in total. The molecule has 0 radical (unpaired) electrons. The molecule has 0 saturated carbocycles. The number of benzene rings is 1. The highest BCUT2D eigenvalue weighted by molar-refractivity contribution is 7.09. The zero-order valence-corrected chi connectivity index (χ0v) is 16.5. The number of para-hydroxylation sites is 1. The molecule has 29 heavy (non-hydrogen) atoms. The number of nitrogens with one attached hydrogen (secondary N) is 2. The number of aliphatic hydroxyl groups excluding tert-OH is 2. The number of carbonyl (C=O) groups excluding carboxylic acids is 3. The number of aliphatic hydroxyl groups is 2. The van der Waals surface area contributed by atoms with Crippen LogP contribution in [-0.4, -0.2) is 57.6 Å². The quantitative estimate of drug-likeness (QED) is 0.529. The van der Waals surface area contributed by atoms with E-state index in [4.69, 9.17) is 0 Å². The Morgan fingerprint density at radius 3 is 2.55 bits per heavy atom. The predicted octanol–water partition coefficient (Wildman–Crippen LogP) is 0.716. The number of nitrogens with zero attached hydrogens (tertiary/aromatic N) is 1. The van der Waals surface area contributed by atoms with E-state index in [1.165, 1.54) is 16.2 Å². The molecule has 2 heterocycles. The molecule has 2 aromatic rings. The lowest BCUT2D eigenvalue weighted by Crippen LogP contribution is -2.53. The molecule has 0 spiro atoms. The Hall–Kier alpha value is -2.75. The molecule has 1 fully saturated rings. The number of likely N-dealkylation sites (tertiary alicyclic amines) is 1. The highest BCUT2D eigenvalue weighted by Gasteiger charge is 2.40. The molecule has 9 heteroatoms. The van der Waals surface area contributed by atoms with Crippen molar-refractivity contribution in [2.45, 2.75) is 37.6 Å². The number of anilines is 1. The first-order valence-electron chi connectivity index (χ1n) is 9.30. The van der Waals surface area contributed by atoms with Crippen LogP contribution in [0.25, 0.3) is 0 Å². The lowest BCUT2D eigenvalue weighted by atomic mass is 10.1. The van der Waals surface area contributed by atoms with Gasteiger partial charge in [-0.3, -0.25) is 14.4 Å². The third kappa shape index (κ3) is 5.20. The molecule has 154 valence electrons. The van der Waals surface area contributed by atoms with Gasteiger partial charge in [-0.25, -0.2) is 0 Å². The smallest absolute Gasteiger partial charge is 0.255 e.